The van der Waals surface area contributed by atoms with Gasteiger partial charge >= 0.3 is 0 Å². The predicted octanol–water partition coefficient (Wildman–Crippen LogP) is 2.79. The number of hydrogen-bond donors (Lipinski definition) is 0. The highest BCUT2D eigenvalue weighted by Crippen LogP contribution is 2.26. The van der Waals surface area contributed by atoms with Crippen molar-refractivity contribution in [2.75, 3.05) is 36.0 Å². The number of fused-ring (bicyclic) bond motifs is 1. The van der Waals surface area contributed by atoms with Gasteiger partial charge in [0, 0.05) is 38.4 Å². The van der Waals surface area contributed by atoms with E-state index in [1.165, 1.54) is 16.8 Å². The average molecular weight is 336 g/mol. The molecule has 3 heterocycles. The van der Waals surface area contributed by atoms with Crippen LogP contribution in [0.15, 0.2) is 30.9 Å². The first kappa shape index (κ1) is 15.9. The Morgan fingerprint density at radius 3 is 2.48 bits per heavy atom. The van der Waals surface area contributed by atoms with Crippen LogP contribution in [0.4, 0.5) is 11.5 Å². The van der Waals surface area contributed by atoms with Crippen LogP contribution in [0.1, 0.15) is 18.1 Å². The Kier molecular flexibility index (Phi) is 4.03. The number of anilines is 2. The zero-order valence-electron chi connectivity index (χ0n) is 15.1. The zero-order chi connectivity index (χ0) is 17.4. The fourth-order valence-electron chi connectivity index (χ4n) is 3.55. The Balaban J connectivity index is 1.56. The van der Waals surface area contributed by atoms with E-state index in [-0.39, 0.29) is 0 Å². The van der Waals surface area contributed by atoms with Gasteiger partial charge in [0.05, 0.1) is 6.33 Å². The largest absolute Gasteiger partial charge is 0.368 e. The summed E-state index contributed by atoms with van der Waals surface area (Å²) < 4.78 is 2.06. The Bertz CT molecular complexity index is 892. The molecule has 4 rings (SSSR count). The second-order valence-corrected chi connectivity index (χ2v) is 6.66. The molecule has 1 aliphatic rings. The van der Waals surface area contributed by atoms with Crippen LogP contribution in [0.3, 0.4) is 0 Å². The van der Waals surface area contributed by atoms with Gasteiger partial charge in [-0.05, 0) is 38.0 Å². The van der Waals surface area contributed by atoms with E-state index < -0.39 is 0 Å². The van der Waals surface area contributed by atoms with E-state index in [0.29, 0.717) is 0 Å². The SMILES string of the molecule is CCn1cnc2c(N3CCN(c4cc(C)ccc4C)CC3)ncnc21. The van der Waals surface area contributed by atoms with Crippen molar-refractivity contribution in [3.8, 4) is 0 Å². The van der Waals surface area contributed by atoms with E-state index in [1.807, 2.05) is 6.33 Å². The number of aryl methyl sites for hydroxylation is 3. The quantitative estimate of drug-likeness (QED) is 0.736. The first-order chi connectivity index (χ1) is 12.2. The molecule has 0 radical (unpaired) electrons. The molecule has 1 aliphatic heterocycles. The van der Waals surface area contributed by atoms with Crippen LogP contribution >= 0.6 is 0 Å². The molecule has 0 spiro atoms. The predicted molar refractivity (Wildman–Crippen MR) is 101 cm³/mol. The van der Waals surface area contributed by atoms with Gasteiger partial charge in [-0.15, -0.1) is 0 Å². The second kappa shape index (κ2) is 6.35. The molecule has 0 bridgehead atoms. The third kappa shape index (κ3) is 2.81. The lowest BCUT2D eigenvalue weighted by Crippen LogP contribution is -2.47. The number of nitrogens with zero attached hydrogens (tertiary/aromatic N) is 6. The van der Waals surface area contributed by atoms with Crippen molar-refractivity contribution in [1.82, 2.24) is 19.5 Å². The number of piperazine rings is 1. The summed E-state index contributed by atoms with van der Waals surface area (Å²) in [4.78, 5) is 18.3. The molecule has 25 heavy (non-hydrogen) atoms. The standard InChI is InChI=1S/C19H24N6/c1-4-23-13-22-17-18(23)20-12-21-19(17)25-9-7-24(8-10-25)16-11-14(2)5-6-15(16)3/h5-6,11-13H,4,7-10H2,1-3H3. The molecule has 3 aromatic rings. The van der Waals surface area contributed by atoms with Gasteiger partial charge in [0.15, 0.2) is 17.0 Å². The summed E-state index contributed by atoms with van der Waals surface area (Å²) in [6.07, 6.45) is 3.51. The van der Waals surface area contributed by atoms with Crippen LogP contribution in [0.25, 0.3) is 11.2 Å². The number of hydrogen-bond acceptors (Lipinski definition) is 5. The Hall–Kier alpha value is -2.63. The zero-order valence-corrected chi connectivity index (χ0v) is 15.1. The summed E-state index contributed by atoms with van der Waals surface area (Å²) in [5.41, 5.74) is 5.83. The highest BCUT2D eigenvalue weighted by molar-refractivity contribution is 5.83. The van der Waals surface area contributed by atoms with Crippen LogP contribution in [-0.2, 0) is 6.54 Å². The van der Waals surface area contributed by atoms with E-state index >= 15 is 0 Å². The first-order valence-electron chi connectivity index (χ1n) is 8.90. The van der Waals surface area contributed by atoms with Crippen molar-refractivity contribution < 1.29 is 0 Å². The molecule has 1 fully saturated rings. The van der Waals surface area contributed by atoms with Crippen molar-refractivity contribution in [2.45, 2.75) is 27.3 Å². The third-order valence-corrected chi connectivity index (χ3v) is 5.01. The molecule has 6 nitrogen and oxygen atoms in total. The van der Waals surface area contributed by atoms with E-state index in [9.17, 15) is 0 Å². The molecular weight excluding hydrogens is 312 g/mol. The highest BCUT2D eigenvalue weighted by atomic mass is 15.3. The van der Waals surface area contributed by atoms with Gasteiger partial charge in [-0.3, -0.25) is 0 Å². The van der Waals surface area contributed by atoms with E-state index in [1.54, 1.807) is 6.33 Å². The lowest BCUT2D eigenvalue weighted by Gasteiger charge is -2.37. The van der Waals surface area contributed by atoms with Crippen LogP contribution in [0, 0.1) is 13.8 Å². The molecule has 130 valence electrons. The Labute approximate surface area is 148 Å². The minimum atomic E-state index is 0.868. The number of rotatable bonds is 3. The van der Waals surface area contributed by atoms with Crippen LogP contribution in [0.2, 0.25) is 0 Å². The van der Waals surface area contributed by atoms with Crippen molar-refractivity contribution in [2.24, 2.45) is 0 Å². The molecule has 0 aliphatic carbocycles. The second-order valence-electron chi connectivity index (χ2n) is 6.66. The normalized spacial score (nSPS) is 15.2. The number of aromatic nitrogens is 4. The van der Waals surface area contributed by atoms with Crippen molar-refractivity contribution in [1.29, 1.82) is 0 Å². The van der Waals surface area contributed by atoms with Gasteiger partial charge in [0.1, 0.15) is 6.33 Å². The van der Waals surface area contributed by atoms with Gasteiger partial charge in [0.25, 0.3) is 0 Å². The molecule has 2 aromatic heterocycles. The fourth-order valence-corrected chi connectivity index (χ4v) is 3.55. The molecule has 6 heteroatoms. The molecule has 0 unspecified atom stereocenters. The summed E-state index contributed by atoms with van der Waals surface area (Å²) in [6, 6.07) is 6.68. The summed E-state index contributed by atoms with van der Waals surface area (Å²) in [5.74, 6) is 0.956. The molecule has 1 aromatic carbocycles. The average Bonchev–Trinajstić information content (AvgIpc) is 3.07. The minimum Gasteiger partial charge on any atom is -0.368 e. The monoisotopic (exact) mass is 336 g/mol. The maximum atomic E-state index is 4.55. The number of benzene rings is 1. The van der Waals surface area contributed by atoms with E-state index in [0.717, 1.165) is 49.7 Å². The van der Waals surface area contributed by atoms with Gasteiger partial charge in [0.2, 0.25) is 0 Å². The van der Waals surface area contributed by atoms with Gasteiger partial charge in [-0.2, -0.15) is 0 Å². The Morgan fingerprint density at radius 1 is 0.960 bits per heavy atom. The maximum Gasteiger partial charge on any atom is 0.165 e. The number of imidazole rings is 1. The fraction of sp³-hybridized carbons (Fsp3) is 0.421. The molecule has 0 amide bonds. The van der Waals surface area contributed by atoms with E-state index in [2.05, 4.69) is 68.3 Å². The third-order valence-electron chi connectivity index (χ3n) is 5.01. The topological polar surface area (TPSA) is 50.1 Å². The van der Waals surface area contributed by atoms with Crippen molar-refractivity contribution >= 4 is 22.7 Å². The van der Waals surface area contributed by atoms with E-state index in [4.69, 9.17) is 0 Å². The summed E-state index contributed by atoms with van der Waals surface area (Å²) in [7, 11) is 0. The van der Waals surface area contributed by atoms with Gasteiger partial charge in [-0.1, -0.05) is 12.1 Å². The Morgan fingerprint density at radius 2 is 1.72 bits per heavy atom. The summed E-state index contributed by atoms with van der Waals surface area (Å²) in [6.45, 7) is 11.2. The minimum absolute atomic E-state index is 0.868. The van der Waals surface area contributed by atoms with Crippen LogP contribution in [-0.4, -0.2) is 45.7 Å². The summed E-state index contributed by atoms with van der Waals surface area (Å²) >= 11 is 0. The molecular formula is C19H24N6. The van der Waals surface area contributed by atoms with Crippen molar-refractivity contribution in [3.63, 3.8) is 0 Å². The molecule has 1 saturated heterocycles. The molecule has 0 atom stereocenters. The van der Waals surface area contributed by atoms with Crippen LogP contribution < -0.4 is 9.80 Å². The van der Waals surface area contributed by atoms with Gasteiger partial charge < -0.3 is 14.4 Å². The smallest absolute Gasteiger partial charge is 0.165 e. The maximum absolute atomic E-state index is 4.55. The lowest BCUT2D eigenvalue weighted by atomic mass is 10.1. The molecule has 0 N–H and O–H groups in total. The highest BCUT2D eigenvalue weighted by Gasteiger charge is 2.22. The first-order valence-corrected chi connectivity index (χ1v) is 8.90. The van der Waals surface area contributed by atoms with Crippen molar-refractivity contribution in [3.05, 3.63) is 42.0 Å². The lowest BCUT2D eigenvalue weighted by molar-refractivity contribution is 0.647. The van der Waals surface area contributed by atoms with Gasteiger partial charge in [-0.25, -0.2) is 15.0 Å². The summed E-state index contributed by atoms with van der Waals surface area (Å²) in [5, 5.41) is 0. The van der Waals surface area contributed by atoms with Crippen LogP contribution in [0.5, 0.6) is 0 Å². The molecule has 0 saturated carbocycles.